The Labute approximate surface area is 136 Å². The maximum atomic E-state index is 12.5. The maximum Gasteiger partial charge on any atom is 0.317 e. The van der Waals surface area contributed by atoms with E-state index in [4.69, 9.17) is 4.74 Å². The predicted octanol–water partition coefficient (Wildman–Crippen LogP) is 2.14. The number of amides is 2. The number of carbonyl (C=O) groups is 1. The number of piperidine rings is 1. The van der Waals surface area contributed by atoms with Crippen molar-refractivity contribution in [1.82, 2.24) is 15.1 Å². The standard InChI is InChI=1S/C16H25N3O2S/c20-16(17-12-15-5-3-11-22-15)19-6-2-1-4-14(19)13-18-7-9-21-10-8-18/h3,5,11,14H,1-2,4,6-10,12-13H2,(H,17,20)/t14-/m1/s1. The Morgan fingerprint density at radius 3 is 2.95 bits per heavy atom. The fourth-order valence-corrected chi connectivity index (χ4v) is 3.86. The Bertz CT molecular complexity index is 460. The normalized spacial score (nSPS) is 23.5. The van der Waals surface area contributed by atoms with E-state index in [0.717, 1.165) is 52.2 Å². The van der Waals surface area contributed by atoms with Crippen LogP contribution in [0.15, 0.2) is 17.5 Å². The van der Waals surface area contributed by atoms with Crippen LogP contribution in [-0.4, -0.2) is 61.3 Å². The van der Waals surface area contributed by atoms with E-state index < -0.39 is 0 Å². The molecule has 22 heavy (non-hydrogen) atoms. The molecule has 2 aliphatic heterocycles. The van der Waals surface area contributed by atoms with Crippen LogP contribution in [0.3, 0.4) is 0 Å². The minimum Gasteiger partial charge on any atom is -0.379 e. The molecule has 1 atom stereocenters. The number of rotatable bonds is 4. The zero-order valence-corrected chi connectivity index (χ0v) is 13.8. The van der Waals surface area contributed by atoms with Gasteiger partial charge in [-0.05, 0) is 30.7 Å². The second-order valence-corrected chi connectivity index (χ2v) is 7.03. The van der Waals surface area contributed by atoms with E-state index in [-0.39, 0.29) is 6.03 Å². The number of morpholine rings is 1. The number of hydrogen-bond donors (Lipinski definition) is 1. The second kappa shape index (κ2) is 7.94. The van der Waals surface area contributed by atoms with Crippen molar-refractivity contribution in [1.29, 1.82) is 0 Å². The van der Waals surface area contributed by atoms with Crippen molar-refractivity contribution in [3.05, 3.63) is 22.4 Å². The van der Waals surface area contributed by atoms with Crippen molar-refractivity contribution < 1.29 is 9.53 Å². The summed E-state index contributed by atoms with van der Waals surface area (Å²) in [5.74, 6) is 0. The summed E-state index contributed by atoms with van der Waals surface area (Å²) in [6.45, 7) is 6.11. The summed E-state index contributed by atoms with van der Waals surface area (Å²) in [4.78, 5) is 18.2. The van der Waals surface area contributed by atoms with Gasteiger partial charge in [-0.15, -0.1) is 11.3 Å². The quantitative estimate of drug-likeness (QED) is 0.923. The number of likely N-dealkylation sites (tertiary alicyclic amines) is 1. The smallest absolute Gasteiger partial charge is 0.317 e. The van der Waals surface area contributed by atoms with E-state index in [1.54, 1.807) is 11.3 Å². The summed E-state index contributed by atoms with van der Waals surface area (Å²) >= 11 is 1.69. The molecule has 1 aromatic rings. The van der Waals surface area contributed by atoms with E-state index in [0.29, 0.717) is 12.6 Å². The Morgan fingerprint density at radius 2 is 2.18 bits per heavy atom. The highest BCUT2D eigenvalue weighted by Crippen LogP contribution is 2.19. The van der Waals surface area contributed by atoms with Crippen LogP contribution in [0.5, 0.6) is 0 Å². The third-order valence-electron chi connectivity index (χ3n) is 4.45. The summed E-state index contributed by atoms with van der Waals surface area (Å²) < 4.78 is 5.41. The SMILES string of the molecule is O=C(NCc1cccs1)N1CCCC[C@@H]1CN1CCOCC1. The zero-order valence-electron chi connectivity index (χ0n) is 13.0. The molecule has 0 saturated carbocycles. The van der Waals surface area contributed by atoms with Gasteiger partial charge in [-0.3, -0.25) is 4.90 Å². The average Bonchev–Trinajstić information content (AvgIpc) is 3.08. The number of nitrogens with zero attached hydrogens (tertiary/aromatic N) is 2. The lowest BCUT2D eigenvalue weighted by Crippen LogP contribution is -2.53. The molecule has 1 aromatic heterocycles. The lowest BCUT2D eigenvalue weighted by atomic mass is 10.0. The summed E-state index contributed by atoms with van der Waals surface area (Å²) in [5.41, 5.74) is 0. The summed E-state index contributed by atoms with van der Waals surface area (Å²) in [7, 11) is 0. The van der Waals surface area contributed by atoms with Crippen LogP contribution in [-0.2, 0) is 11.3 Å². The molecule has 6 heteroatoms. The maximum absolute atomic E-state index is 12.5. The van der Waals surface area contributed by atoms with Gasteiger partial charge in [0.25, 0.3) is 0 Å². The van der Waals surface area contributed by atoms with E-state index in [1.165, 1.54) is 11.3 Å². The van der Waals surface area contributed by atoms with E-state index >= 15 is 0 Å². The Hall–Kier alpha value is -1.11. The lowest BCUT2D eigenvalue weighted by molar-refractivity contribution is 0.0221. The van der Waals surface area contributed by atoms with Gasteiger partial charge in [-0.25, -0.2) is 4.79 Å². The topological polar surface area (TPSA) is 44.8 Å². The Morgan fingerprint density at radius 1 is 1.32 bits per heavy atom. The van der Waals surface area contributed by atoms with Gasteiger partial charge in [0.2, 0.25) is 0 Å². The molecule has 1 N–H and O–H groups in total. The monoisotopic (exact) mass is 323 g/mol. The van der Waals surface area contributed by atoms with E-state index in [2.05, 4.69) is 16.3 Å². The highest BCUT2D eigenvalue weighted by atomic mass is 32.1. The molecule has 0 spiro atoms. The summed E-state index contributed by atoms with van der Waals surface area (Å²) in [5, 5.41) is 5.12. The first-order valence-electron chi connectivity index (χ1n) is 8.20. The number of thiophene rings is 1. The first-order valence-corrected chi connectivity index (χ1v) is 9.08. The number of carbonyl (C=O) groups excluding carboxylic acids is 1. The van der Waals surface area contributed by atoms with Gasteiger partial charge in [0.15, 0.2) is 0 Å². The minimum atomic E-state index is 0.0892. The first kappa shape index (κ1) is 15.8. The fraction of sp³-hybridized carbons (Fsp3) is 0.688. The zero-order chi connectivity index (χ0) is 15.2. The largest absolute Gasteiger partial charge is 0.379 e. The van der Waals surface area contributed by atoms with Gasteiger partial charge in [-0.2, -0.15) is 0 Å². The highest BCUT2D eigenvalue weighted by molar-refractivity contribution is 7.09. The van der Waals surface area contributed by atoms with Crippen molar-refractivity contribution >= 4 is 17.4 Å². The van der Waals surface area contributed by atoms with Crippen LogP contribution >= 0.6 is 11.3 Å². The minimum absolute atomic E-state index is 0.0892. The van der Waals surface area contributed by atoms with Crippen LogP contribution in [0.2, 0.25) is 0 Å². The van der Waals surface area contributed by atoms with E-state index in [1.807, 2.05) is 16.3 Å². The van der Waals surface area contributed by atoms with Gasteiger partial charge in [0.05, 0.1) is 19.8 Å². The molecule has 0 unspecified atom stereocenters. The number of ether oxygens (including phenoxy) is 1. The van der Waals surface area contributed by atoms with Crippen molar-refractivity contribution in [2.75, 3.05) is 39.4 Å². The average molecular weight is 323 g/mol. The molecule has 2 aliphatic rings. The number of urea groups is 1. The molecule has 0 aliphatic carbocycles. The summed E-state index contributed by atoms with van der Waals surface area (Å²) in [6, 6.07) is 4.52. The van der Waals surface area contributed by atoms with Crippen LogP contribution in [0.1, 0.15) is 24.1 Å². The molecular formula is C16H25N3O2S. The Balaban J connectivity index is 1.52. The molecule has 122 valence electrons. The third-order valence-corrected chi connectivity index (χ3v) is 5.33. The molecule has 3 rings (SSSR count). The molecule has 3 heterocycles. The van der Waals surface area contributed by atoms with Crippen LogP contribution in [0, 0.1) is 0 Å². The molecule has 0 radical (unpaired) electrons. The third kappa shape index (κ3) is 4.21. The van der Waals surface area contributed by atoms with Crippen LogP contribution in [0.25, 0.3) is 0 Å². The van der Waals surface area contributed by atoms with Gasteiger partial charge >= 0.3 is 6.03 Å². The van der Waals surface area contributed by atoms with Gasteiger partial charge in [0.1, 0.15) is 0 Å². The van der Waals surface area contributed by atoms with Crippen molar-refractivity contribution in [2.24, 2.45) is 0 Å². The molecule has 0 aromatic carbocycles. The van der Waals surface area contributed by atoms with Crippen LogP contribution in [0.4, 0.5) is 4.79 Å². The van der Waals surface area contributed by atoms with Crippen molar-refractivity contribution in [3.63, 3.8) is 0 Å². The predicted molar refractivity (Wildman–Crippen MR) is 88.2 cm³/mol. The fourth-order valence-electron chi connectivity index (χ4n) is 3.22. The molecular weight excluding hydrogens is 298 g/mol. The highest BCUT2D eigenvalue weighted by Gasteiger charge is 2.28. The van der Waals surface area contributed by atoms with Gasteiger partial charge in [0, 0.05) is 37.1 Å². The molecule has 2 saturated heterocycles. The first-order chi connectivity index (χ1) is 10.8. The molecule has 2 amide bonds. The molecule has 2 fully saturated rings. The molecule has 5 nitrogen and oxygen atoms in total. The lowest BCUT2D eigenvalue weighted by Gasteiger charge is -2.39. The number of nitrogens with one attached hydrogen (secondary N) is 1. The van der Waals surface area contributed by atoms with Gasteiger partial charge < -0.3 is 15.0 Å². The van der Waals surface area contributed by atoms with Crippen molar-refractivity contribution in [2.45, 2.75) is 31.8 Å². The van der Waals surface area contributed by atoms with Crippen LogP contribution < -0.4 is 5.32 Å². The van der Waals surface area contributed by atoms with Crippen molar-refractivity contribution in [3.8, 4) is 0 Å². The number of hydrogen-bond acceptors (Lipinski definition) is 4. The van der Waals surface area contributed by atoms with Gasteiger partial charge in [-0.1, -0.05) is 6.07 Å². The second-order valence-electron chi connectivity index (χ2n) is 5.99. The summed E-state index contributed by atoms with van der Waals surface area (Å²) in [6.07, 6.45) is 3.46. The van der Waals surface area contributed by atoms with E-state index in [9.17, 15) is 4.79 Å². The Kier molecular flexibility index (Phi) is 5.70. The molecule has 0 bridgehead atoms.